The number of piperidine rings is 1. The number of halogens is 1. The zero-order chi connectivity index (χ0) is 18.4. The molecule has 0 aromatic heterocycles. The van der Waals surface area contributed by atoms with Crippen molar-refractivity contribution in [2.75, 3.05) is 19.7 Å². The highest BCUT2D eigenvalue weighted by Crippen LogP contribution is 2.29. The maximum Gasteiger partial charge on any atom is 0.260 e. The summed E-state index contributed by atoms with van der Waals surface area (Å²) in [5.74, 6) is 5.49. The average Bonchev–Trinajstić information content (AvgIpc) is 2.60. The Hall–Kier alpha value is -1.81. The Morgan fingerprint density at radius 2 is 2.08 bits per heavy atom. The number of carbonyl (C=O) groups is 1. The van der Waals surface area contributed by atoms with Crippen LogP contribution in [0.1, 0.15) is 12.8 Å². The number of benzene rings is 1. The number of ether oxygens (including phenoxy) is 1. The molecule has 1 fully saturated rings. The Balaban J connectivity index is 1.84. The van der Waals surface area contributed by atoms with Crippen LogP contribution in [0.25, 0.3) is 0 Å². The molecule has 138 valence electrons. The van der Waals surface area contributed by atoms with Gasteiger partial charge in [0, 0.05) is 35.6 Å². The third kappa shape index (κ3) is 5.60. The molecule has 3 N–H and O–H groups in total. The van der Waals surface area contributed by atoms with Gasteiger partial charge in [-0.2, -0.15) is 5.90 Å². The summed E-state index contributed by atoms with van der Waals surface area (Å²) in [6.45, 7) is 3.95. The minimum absolute atomic E-state index is 0.180. The fourth-order valence-corrected chi connectivity index (χ4v) is 3.41. The van der Waals surface area contributed by atoms with E-state index in [0.717, 1.165) is 5.41 Å². The van der Waals surface area contributed by atoms with Gasteiger partial charge in [0.1, 0.15) is 0 Å². The summed E-state index contributed by atoms with van der Waals surface area (Å²) in [6.07, 6.45) is 1.05. The van der Waals surface area contributed by atoms with E-state index in [1.807, 2.05) is 0 Å². The van der Waals surface area contributed by atoms with Crippen LogP contribution in [-0.2, 0) is 14.8 Å². The van der Waals surface area contributed by atoms with E-state index < -0.39 is 10.0 Å². The number of carbonyl (C=O) groups excluding carboxylic acids is 1. The number of nitrogens with two attached hydrogens (primary N) is 1. The van der Waals surface area contributed by atoms with Crippen molar-refractivity contribution >= 4 is 27.5 Å². The Morgan fingerprint density at radius 3 is 2.68 bits per heavy atom. The molecular formula is C15H20ClN3O5S. The van der Waals surface area contributed by atoms with Gasteiger partial charge >= 0.3 is 0 Å². The van der Waals surface area contributed by atoms with Gasteiger partial charge in [0.2, 0.25) is 10.0 Å². The monoisotopic (exact) mass is 389 g/mol. The van der Waals surface area contributed by atoms with Gasteiger partial charge in [0.25, 0.3) is 5.91 Å². The van der Waals surface area contributed by atoms with Crippen LogP contribution < -0.4 is 20.2 Å². The molecule has 1 aromatic carbocycles. The standard InChI is InChI=1S/C15H20ClN3O5S/c1-2-25(21,22)18-12-5-7-19(8-6-12)15(20)10-23-13-4-3-11(16)9-14(13)24-17/h2-4,9,12,18H,1,5-8,10,17H2. The van der Waals surface area contributed by atoms with E-state index in [9.17, 15) is 13.2 Å². The molecule has 25 heavy (non-hydrogen) atoms. The first-order valence-electron chi connectivity index (χ1n) is 7.56. The van der Waals surface area contributed by atoms with Gasteiger partial charge in [-0.1, -0.05) is 18.2 Å². The predicted molar refractivity (Wildman–Crippen MR) is 93.6 cm³/mol. The predicted octanol–water partition coefficient (Wildman–Crippen LogP) is 1.03. The summed E-state index contributed by atoms with van der Waals surface area (Å²) in [6, 6.07) is 4.44. The van der Waals surface area contributed by atoms with E-state index >= 15 is 0 Å². The number of nitrogens with zero attached hydrogens (tertiary/aromatic N) is 1. The zero-order valence-corrected chi connectivity index (χ0v) is 15.1. The van der Waals surface area contributed by atoms with Crippen LogP contribution in [0, 0.1) is 0 Å². The Labute approximate surface area is 151 Å². The summed E-state index contributed by atoms with van der Waals surface area (Å²) in [5, 5.41) is 1.31. The van der Waals surface area contributed by atoms with Crippen molar-refractivity contribution in [3.05, 3.63) is 35.2 Å². The summed E-state index contributed by atoms with van der Waals surface area (Å²) in [4.78, 5) is 18.5. The summed E-state index contributed by atoms with van der Waals surface area (Å²) >= 11 is 5.83. The molecule has 1 aliphatic rings. The van der Waals surface area contributed by atoms with E-state index in [-0.39, 0.29) is 24.3 Å². The van der Waals surface area contributed by atoms with Crippen LogP contribution in [0.2, 0.25) is 5.02 Å². The number of likely N-dealkylation sites (tertiary alicyclic amines) is 1. The molecule has 0 bridgehead atoms. The molecule has 1 aliphatic heterocycles. The Kier molecular flexibility index (Phi) is 6.65. The smallest absolute Gasteiger partial charge is 0.260 e. The average molecular weight is 390 g/mol. The summed E-state index contributed by atoms with van der Waals surface area (Å²) in [5.41, 5.74) is 0. The van der Waals surface area contributed by atoms with Gasteiger partial charge in [-0.25, -0.2) is 13.1 Å². The van der Waals surface area contributed by atoms with Crippen molar-refractivity contribution in [2.24, 2.45) is 5.90 Å². The lowest BCUT2D eigenvalue weighted by Gasteiger charge is -2.32. The summed E-state index contributed by atoms with van der Waals surface area (Å²) < 4.78 is 30.9. The molecule has 1 heterocycles. The van der Waals surface area contributed by atoms with Crippen LogP contribution in [-0.4, -0.2) is 45.0 Å². The highest BCUT2D eigenvalue weighted by Gasteiger charge is 2.25. The van der Waals surface area contributed by atoms with E-state index in [2.05, 4.69) is 16.1 Å². The molecule has 0 radical (unpaired) electrons. The lowest BCUT2D eigenvalue weighted by Crippen LogP contribution is -2.47. The highest BCUT2D eigenvalue weighted by atomic mass is 35.5. The molecule has 0 saturated carbocycles. The van der Waals surface area contributed by atoms with Crippen LogP contribution in [0.15, 0.2) is 30.2 Å². The van der Waals surface area contributed by atoms with E-state index in [0.29, 0.717) is 36.7 Å². The van der Waals surface area contributed by atoms with Gasteiger partial charge in [-0.3, -0.25) is 4.79 Å². The molecule has 2 rings (SSSR count). The molecule has 8 nitrogen and oxygen atoms in total. The third-order valence-electron chi connectivity index (χ3n) is 3.78. The second-order valence-electron chi connectivity index (χ2n) is 5.48. The molecule has 1 amide bonds. The van der Waals surface area contributed by atoms with Crippen molar-refractivity contribution in [2.45, 2.75) is 18.9 Å². The Bertz CT molecular complexity index is 733. The topological polar surface area (TPSA) is 111 Å². The minimum Gasteiger partial charge on any atom is -0.480 e. The molecule has 1 aromatic rings. The van der Waals surface area contributed by atoms with Gasteiger partial charge in [0.05, 0.1) is 0 Å². The molecule has 0 unspecified atom stereocenters. The lowest BCUT2D eigenvalue weighted by atomic mass is 10.1. The molecule has 0 atom stereocenters. The molecular weight excluding hydrogens is 370 g/mol. The number of hydrogen-bond acceptors (Lipinski definition) is 6. The largest absolute Gasteiger partial charge is 0.480 e. The van der Waals surface area contributed by atoms with E-state index in [4.69, 9.17) is 22.2 Å². The van der Waals surface area contributed by atoms with Crippen LogP contribution >= 0.6 is 11.6 Å². The van der Waals surface area contributed by atoms with Crippen molar-refractivity contribution in [1.82, 2.24) is 9.62 Å². The fourth-order valence-electron chi connectivity index (χ4n) is 2.45. The van der Waals surface area contributed by atoms with Crippen molar-refractivity contribution in [3.8, 4) is 11.5 Å². The number of amides is 1. The third-order valence-corrected chi connectivity index (χ3v) is 5.12. The SMILES string of the molecule is C=CS(=O)(=O)NC1CCN(C(=O)COc2ccc(Cl)cc2ON)CC1. The van der Waals surface area contributed by atoms with Gasteiger partial charge in [-0.05, 0) is 25.0 Å². The maximum atomic E-state index is 12.2. The molecule has 0 aliphatic carbocycles. The number of hydrogen-bond donors (Lipinski definition) is 2. The first-order chi connectivity index (χ1) is 11.8. The van der Waals surface area contributed by atoms with Crippen LogP contribution in [0.4, 0.5) is 0 Å². The molecule has 1 saturated heterocycles. The normalized spacial score (nSPS) is 15.7. The van der Waals surface area contributed by atoms with Crippen molar-refractivity contribution < 1.29 is 22.8 Å². The van der Waals surface area contributed by atoms with Crippen LogP contribution in [0.5, 0.6) is 11.5 Å². The molecule has 0 spiro atoms. The quantitative estimate of drug-likeness (QED) is 0.673. The number of rotatable bonds is 7. The fraction of sp³-hybridized carbons (Fsp3) is 0.400. The summed E-state index contributed by atoms with van der Waals surface area (Å²) in [7, 11) is -3.47. The van der Waals surface area contributed by atoms with Gasteiger partial charge in [0.15, 0.2) is 18.1 Å². The first kappa shape index (κ1) is 19.5. The number of sulfonamides is 1. The maximum absolute atomic E-state index is 12.2. The van der Waals surface area contributed by atoms with Crippen molar-refractivity contribution in [3.63, 3.8) is 0 Å². The van der Waals surface area contributed by atoms with E-state index in [1.165, 1.54) is 6.07 Å². The Morgan fingerprint density at radius 1 is 1.40 bits per heavy atom. The van der Waals surface area contributed by atoms with Crippen LogP contribution in [0.3, 0.4) is 0 Å². The van der Waals surface area contributed by atoms with Gasteiger partial charge < -0.3 is 14.5 Å². The molecule has 10 heteroatoms. The second kappa shape index (κ2) is 8.52. The zero-order valence-electron chi connectivity index (χ0n) is 13.5. The minimum atomic E-state index is -3.47. The number of nitrogens with one attached hydrogen (secondary N) is 1. The van der Waals surface area contributed by atoms with Gasteiger partial charge in [-0.15, -0.1) is 0 Å². The second-order valence-corrected chi connectivity index (χ2v) is 7.58. The lowest BCUT2D eigenvalue weighted by molar-refractivity contribution is -0.134. The van der Waals surface area contributed by atoms with E-state index in [1.54, 1.807) is 17.0 Å². The first-order valence-corrected chi connectivity index (χ1v) is 9.48. The highest BCUT2D eigenvalue weighted by molar-refractivity contribution is 7.92. The van der Waals surface area contributed by atoms with Crippen molar-refractivity contribution in [1.29, 1.82) is 0 Å².